The Balaban J connectivity index is 2.16. The number of aliphatic hydroxyl groups is 7. The van der Waals surface area contributed by atoms with E-state index in [1.54, 1.807) is 0 Å². The van der Waals surface area contributed by atoms with E-state index < -0.39 is 82.4 Å². The van der Waals surface area contributed by atoms with Crippen molar-refractivity contribution >= 4 is 7.82 Å². The van der Waals surface area contributed by atoms with E-state index in [9.17, 15) is 35.2 Å². The van der Waals surface area contributed by atoms with Crippen molar-refractivity contribution in [3.63, 3.8) is 0 Å². The highest BCUT2D eigenvalue weighted by atomic mass is 31.2. The van der Waals surface area contributed by atoms with Gasteiger partial charge in [0.1, 0.15) is 49.3 Å². The summed E-state index contributed by atoms with van der Waals surface area (Å²) in [5.74, 6) is -2.35. The number of ether oxygens (including phenoxy) is 3. The maximum atomic E-state index is 10.8. The van der Waals surface area contributed by atoms with E-state index in [1.807, 2.05) is 0 Å². The Morgan fingerprint density at radius 1 is 0.926 bits per heavy atom. The van der Waals surface area contributed by atoms with Gasteiger partial charge in [0, 0.05) is 0 Å². The minimum absolute atomic E-state index is 0.739. The monoisotopic (exact) mass is 422 g/mol. The SMILES string of the molecule is O=P(O)(O)OCC1OC(OC2(CO)OC(CO)C(O)C2O)C(O)C(O)C1O. The van der Waals surface area contributed by atoms with Crippen molar-refractivity contribution in [2.24, 2.45) is 0 Å². The Kier molecular flexibility index (Phi) is 7.33. The molecule has 0 amide bonds. The van der Waals surface area contributed by atoms with Crippen molar-refractivity contribution in [1.82, 2.24) is 0 Å². The smallest absolute Gasteiger partial charge is 0.394 e. The standard InChI is InChI=1S/C12H23O14P/c13-1-4-7(16)10(19)12(3-14,25-4)26-11-9(18)8(17)6(15)5(24-11)2-23-27(20,21)22/h4-11,13-19H,1-3H2,(H2,20,21,22). The normalized spacial score (nSPS) is 46.0. The fraction of sp³-hybridized carbons (Fsp3) is 1.00. The summed E-state index contributed by atoms with van der Waals surface area (Å²) in [7, 11) is -4.93. The van der Waals surface area contributed by atoms with Crippen molar-refractivity contribution in [3.05, 3.63) is 0 Å². The maximum absolute atomic E-state index is 10.8. The molecular weight excluding hydrogens is 399 g/mol. The number of aliphatic hydroxyl groups excluding tert-OH is 7. The van der Waals surface area contributed by atoms with Crippen LogP contribution in [0.2, 0.25) is 0 Å². The summed E-state index contributed by atoms with van der Waals surface area (Å²) in [5, 5.41) is 68.3. The minimum Gasteiger partial charge on any atom is -0.394 e. The van der Waals surface area contributed by atoms with E-state index in [2.05, 4.69) is 4.52 Å². The van der Waals surface area contributed by atoms with Crippen molar-refractivity contribution in [1.29, 1.82) is 0 Å². The minimum atomic E-state index is -4.93. The molecule has 0 aromatic heterocycles. The molecular formula is C12H23O14P. The van der Waals surface area contributed by atoms with E-state index in [4.69, 9.17) is 29.1 Å². The lowest BCUT2D eigenvalue weighted by Crippen LogP contribution is -2.62. The van der Waals surface area contributed by atoms with Crippen molar-refractivity contribution in [3.8, 4) is 0 Å². The molecule has 0 bridgehead atoms. The molecule has 9 unspecified atom stereocenters. The van der Waals surface area contributed by atoms with Gasteiger partial charge in [0.25, 0.3) is 0 Å². The summed E-state index contributed by atoms with van der Waals surface area (Å²) in [5.41, 5.74) is 0. The second-order valence-corrected chi connectivity index (χ2v) is 7.40. The van der Waals surface area contributed by atoms with Crippen LogP contribution in [0.15, 0.2) is 0 Å². The fourth-order valence-corrected chi connectivity index (χ4v) is 3.13. The Hall–Kier alpha value is -0.290. The van der Waals surface area contributed by atoms with Crippen LogP contribution in [0.25, 0.3) is 0 Å². The highest BCUT2D eigenvalue weighted by Crippen LogP contribution is 2.38. The van der Waals surface area contributed by atoms with Crippen molar-refractivity contribution in [2.45, 2.75) is 54.8 Å². The van der Waals surface area contributed by atoms with Gasteiger partial charge in [-0.2, -0.15) is 0 Å². The van der Waals surface area contributed by atoms with Gasteiger partial charge < -0.3 is 59.7 Å². The second kappa shape index (κ2) is 8.61. The predicted octanol–water partition coefficient (Wildman–Crippen LogP) is -5.28. The molecule has 9 atom stereocenters. The molecule has 2 saturated heterocycles. The Morgan fingerprint density at radius 3 is 2.04 bits per heavy atom. The molecule has 160 valence electrons. The lowest BCUT2D eigenvalue weighted by atomic mass is 9.99. The first-order valence-electron chi connectivity index (χ1n) is 7.79. The lowest BCUT2D eigenvalue weighted by molar-refractivity contribution is -0.383. The number of phosphoric ester groups is 1. The van der Waals surface area contributed by atoms with Crippen LogP contribution in [-0.4, -0.2) is 120 Å². The van der Waals surface area contributed by atoms with Gasteiger partial charge >= 0.3 is 7.82 Å². The fourth-order valence-electron chi connectivity index (χ4n) is 2.79. The van der Waals surface area contributed by atoms with Gasteiger partial charge in [-0.1, -0.05) is 0 Å². The Labute approximate surface area is 152 Å². The van der Waals surface area contributed by atoms with Gasteiger partial charge in [-0.25, -0.2) is 4.57 Å². The van der Waals surface area contributed by atoms with Crippen LogP contribution in [0.3, 0.4) is 0 Å². The summed E-state index contributed by atoms with van der Waals surface area (Å²) in [4.78, 5) is 17.4. The first-order chi connectivity index (χ1) is 12.5. The van der Waals surface area contributed by atoms with Crippen LogP contribution in [-0.2, 0) is 23.3 Å². The van der Waals surface area contributed by atoms with Gasteiger partial charge in [-0.05, 0) is 0 Å². The molecule has 27 heavy (non-hydrogen) atoms. The largest absolute Gasteiger partial charge is 0.469 e. The first-order valence-corrected chi connectivity index (χ1v) is 9.32. The average molecular weight is 422 g/mol. The van der Waals surface area contributed by atoms with E-state index in [0.29, 0.717) is 0 Å². The summed E-state index contributed by atoms with van der Waals surface area (Å²) in [6.45, 7) is -2.69. The molecule has 2 aliphatic rings. The number of hydrogen-bond acceptors (Lipinski definition) is 12. The highest BCUT2D eigenvalue weighted by Gasteiger charge is 2.58. The summed E-state index contributed by atoms with van der Waals surface area (Å²) >= 11 is 0. The molecule has 2 fully saturated rings. The number of phosphoric acid groups is 1. The average Bonchev–Trinajstić information content (AvgIpc) is 2.85. The van der Waals surface area contributed by atoms with Gasteiger partial charge in [-0.3, -0.25) is 4.52 Å². The van der Waals surface area contributed by atoms with Gasteiger partial charge in [0.15, 0.2) is 6.29 Å². The molecule has 0 aromatic rings. The van der Waals surface area contributed by atoms with Crippen LogP contribution >= 0.6 is 7.82 Å². The topological polar surface area (TPSA) is 236 Å². The van der Waals surface area contributed by atoms with Crippen LogP contribution in [0.1, 0.15) is 0 Å². The third-order valence-electron chi connectivity index (χ3n) is 4.30. The molecule has 0 aliphatic carbocycles. The zero-order valence-electron chi connectivity index (χ0n) is 13.8. The Morgan fingerprint density at radius 2 is 1.56 bits per heavy atom. The molecule has 0 saturated carbocycles. The van der Waals surface area contributed by atoms with E-state index in [0.717, 1.165) is 0 Å². The predicted molar refractivity (Wildman–Crippen MR) is 79.6 cm³/mol. The van der Waals surface area contributed by atoms with Crippen LogP contribution in [0.5, 0.6) is 0 Å². The molecule has 9 N–H and O–H groups in total. The highest BCUT2D eigenvalue weighted by molar-refractivity contribution is 7.46. The van der Waals surface area contributed by atoms with Crippen molar-refractivity contribution in [2.75, 3.05) is 19.8 Å². The maximum Gasteiger partial charge on any atom is 0.469 e. The molecule has 15 heteroatoms. The summed E-state index contributed by atoms with van der Waals surface area (Å²) < 4.78 is 30.4. The number of rotatable bonds is 7. The second-order valence-electron chi connectivity index (χ2n) is 6.16. The molecule has 2 rings (SSSR count). The van der Waals surface area contributed by atoms with Crippen molar-refractivity contribution < 1.29 is 68.8 Å². The lowest BCUT2D eigenvalue weighted by Gasteiger charge is -2.43. The molecule has 0 aromatic carbocycles. The van der Waals surface area contributed by atoms with Gasteiger partial charge in [0.2, 0.25) is 5.79 Å². The van der Waals surface area contributed by atoms with Crippen LogP contribution in [0.4, 0.5) is 0 Å². The zero-order chi connectivity index (χ0) is 20.6. The van der Waals surface area contributed by atoms with Crippen LogP contribution in [0, 0.1) is 0 Å². The molecule has 14 nitrogen and oxygen atoms in total. The Bertz CT molecular complexity index is 542. The van der Waals surface area contributed by atoms with Crippen LogP contribution < -0.4 is 0 Å². The van der Waals surface area contributed by atoms with E-state index in [1.165, 1.54) is 0 Å². The van der Waals surface area contributed by atoms with Gasteiger partial charge in [0.05, 0.1) is 13.2 Å². The molecule has 2 heterocycles. The first kappa shape index (κ1) is 23.0. The number of hydrogen-bond donors (Lipinski definition) is 9. The van der Waals surface area contributed by atoms with E-state index >= 15 is 0 Å². The van der Waals surface area contributed by atoms with Gasteiger partial charge in [-0.15, -0.1) is 0 Å². The third-order valence-corrected chi connectivity index (χ3v) is 4.78. The summed E-state index contributed by atoms with van der Waals surface area (Å²) in [6, 6.07) is 0. The zero-order valence-corrected chi connectivity index (χ0v) is 14.6. The third kappa shape index (κ3) is 4.83. The quantitative estimate of drug-likeness (QED) is 0.174. The molecule has 0 spiro atoms. The summed E-state index contributed by atoms with van der Waals surface area (Å²) in [6.07, 6.45) is -14.0. The van der Waals surface area contributed by atoms with E-state index in [-0.39, 0.29) is 0 Å². The molecule has 0 radical (unpaired) electrons. The molecule has 2 aliphatic heterocycles.